The Bertz CT molecular complexity index is 815. The van der Waals surface area contributed by atoms with E-state index in [1.54, 1.807) is 0 Å². The van der Waals surface area contributed by atoms with Gasteiger partial charge in [0.25, 0.3) is 0 Å². The van der Waals surface area contributed by atoms with Gasteiger partial charge in [-0.05, 0) is 55.7 Å². The van der Waals surface area contributed by atoms with Crippen LogP contribution in [0.3, 0.4) is 0 Å². The average Bonchev–Trinajstić information content (AvgIpc) is 2.68. The van der Waals surface area contributed by atoms with Crippen molar-refractivity contribution >= 4 is 28.9 Å². The SMILES string of the molecule is CC(C)C(=O)Nc1ccc(NC(C)C(=O)N2CCCc3ccccc32)cc1. The second kappa shape index (κ2) is 8.25. The van der Waals surface area contributed by atoms with Gasteiger partial charge >= 0.3 is 0 Å². The summed E-state index contributed by atoms with van der Waals surface area (Å²) in [7, 11) is 0. The summed E-state index contributed by atoms with van der Waals surface area (Å²) in [5.74, 6) is -0.00442. The van der Waals surface area contributed by atoms with Crippen molar-refractivity contribution in [1.29, 1.82) is 0 Å². The Morgan fingerprint density at radius 1 is 0.963 bits per heavy atom. The lowest BCUT2D eigenvalue weighted by Gasteiger charge is -2.32. The molecule has 0 spiro atoms. The van der Waals surface area contributed by atoms with Crippen LogP contribution in [0.15, 0.2) is 48.5 Å². The molecule has 27 heavy (non-hydrogen) atoms. The van der Waals surface area contributed by atoms with E-state index in [1.807, 2.05) is 68.1 Å². The molecular formula is C22H27N3O2. The summed E-state index contributed by atoms with van der Waals surface area (Å²) >= 11 is 0. The zero-order valence-corrected chi connectivity index (χ0v) is 16.2. The maximum absolute atomic E-state index is 13.0. The van der Waals surface area contributed by atoms with E-state index in [1.165, 1.54) is 5.56 Å². The summed E-state index contributed by atoms with van der Waals surface area (Å²) in [6, 6.07) is 15.2. The first-order valence-electron chi connectivity index (χ1n) is 9.52. The van der Waals surface area contributed by atoms with Crippen molar-refractivity contribution < 1.29 is 9.59 Å². The van der Waals surface area contributed by atoms with Gasteiger partial charge < -0.3 is 15.5 Å². The highest BCUT2D eigenvalue weighted by Crippen LogP contribution is 2.27. The maximum atomic E-state index is 13.0. The molecule has 1 atom stereocenters. The molecule has 2 amide bonds. The quantitative estimate of drug-likeness (QED) is 0.840. The molecule has 0 aromatic heterocycles. The zero-order chi connectivity index (χ0) is 19.4. The molecule has 2 N–H and O–H groups in total. The number of hydrogen-bond donors (Lipinski definition) is 2. The highest BCUT2D eigenvalue weighted by molar-refractivity contribution is 5.99. The smallest absolute Gasteiger partial charge is 0.249 e. The molecule has 1 unspecified atom stereocenters. The Hall–Kier alpha value is -2.82. The van der Waals surface area contributed by atoms with Crippen LogP contribution in [0.5, 0.6) is 0 Å². The van der Waals surface area contributed by atoms with Crippen molar-refractivity contribution in [2.45, 2.75) is 39.7 Å². The van der Waals surface area contributed by atoms with E-state index in [-0.39, 0.29) is 23.8 Å². The van der Waals surface area contributed by atoms with Crippen LogP contribution in [0, 0.1) is 5.92 Å². The Morgan fingerprint density at radius 2 is 1.63 bits per heavy atom. The molecule has 0 saturated heterocycles. The number of nitrogens with zero attached hydrogens (tertiary/aromatic N) is 1. The van der Waals surface area contributed by atoms with Crippen molar-refractivity contribution in [3.8, 4) is 0 Å². The fourth-order valence-corrected chi connectivity index (χ4v) is 3.24. The van der Waals surface area contributed by atoms with E-state index in [0.29, 0.717) is 0 Å². The second-order valence-corrected chi connectivity index (χ2v) is 7.31. The highest BCUT2D eigenvalue weighted by atomic mass is 16.2. The predicted octanol–water partition coefficient (Wildman–Crippen LogP) is 4.06. The number of carbonyl (C=O) groups is 2. The number of rotatable bonds is 5. The third-order valence-electron chi connectivity index (χ3n) is 4.81. The number of aryl methyl sites for hydroxylation is 1. The van der Waals surface area contributed by atoms with Gasteiger partial charge in [-0.3, -0.25) is 9.59 Å². The molecule has 2 aromatic rings. The number of fused-ring (bicyclic) bond motifs is 1. The topological polar surface area (TPSA) is 61.4 Å². The molecule has 1 aliphatic heterocycles. The molecule has 1 heterocycles. The summed E-state index contributed by atoms with van der Waals surface area (Å²) in [5.41, 5.74) is 3.86. The summed E-state index contributed by atoms with van der Waals surface area (Å²) in [6.07, 6.45) is 2.01. The first-order chi connectivity index (χ1) is 13.0. The largest absolute Gasteiger partial charge is 0.374 e. The van der Waals surface area contributed by atoms with Crippen LogP contribution in [0.2, 0.25) is 0 Å². The Kier molecular flexibility index (Phi) is 5.79. The molecule has 0 fully saturated rings. The minimum Gasteiger partial charge on any atom is -0.374 e. The van der Waals surface area contributed by atoms with Crippen molar-refractivity contribution in [1.82, 2.24) is 0 Å². The number of amides is 2. The second-order valence-electron chi connectivity index (χ2n) is 7.31. The molecule has 0 radical (unpaired) electrons. The van der Waals surface area contributed by atoms with Gasteiger partial charge in [-0.15, -0.1) is 0 Å². The minimum absolute atomic E-state index is 0.0111. The standard InChI is InChI=1S/C22H27N3O2/c1-15(2)21(26)24-19-12-10-18(11-13-19)23-16(3)22(27)25-14-6-8-17-7-4-5-9-20(17)25/h4-5,7,9-13,15-16,23H,6,8,14H2,1-3H3,(H,24,26). The predicted molar refractivity (Wildman–Crippen MR) is 110 cm³/mol. The summed E-state index contributed by atoms with van der Waals surface area (Å²) in [6.45, 7) is 6.35. The number of hydrogen-bond acceptors (Lipinski definition) is 3. The molecule has 2 aromatic carbocycles. The van der Waals surface area contributed by atoms with Crippen LogP contribution in [-0.4, -0.2) is 24.4 Å². The molecule has 142 valence electrons. The van der Waals surface area contributed by atoms with Crippen LogP contribution in [0.1, 0.15) is 32.8 Å². The van der Waals surface area contributed by atoms with Gasteiger partial charge in [0, 0.05) is 29.5 Å². The third-order valence-corrected chi connectivity index (χ3v) is 4.81. The fourth-order valence-electron chi connectivity index (χ4n) is 3.24. The molecule has 0 bridgehead atoms. The Morgan fingerprint density at radius 3 is 2.33 bits per heavy atom. The molecule has 0 aliphatic carbocycles. The fraction of sp³-hybridized carbons (Fsp3) is 0.364. The molecule has 0 saturated carbocycles. The van der Waals surface area contributed by atoms with E-state index in [0.717, 1.165) is 36.4 Å². The highest BCUT2D eigenvalue weighted by Gasteiger charge is 2.26. The lowest BCUT2D eigenvalue weighted by atomic mass is 10.0. The first-order valence-corrected chi connectivity index (χ1v) is 9.52. The molecule has 1 aliphatic rings. The summed E-state index contributed by atoms with van der Waals surface area (Å²) < 4.78 is 0. The summed E-state index contributed by atoms with van der Waals surface area (Å²) in [5, 5.41) is 6.13. The number of nitrogens with one attached hydrogen (secondary N) is 2. The Balaban J connectivity index is 1.64. The van der Waals surface area contributed by atoms with Crippen LogP contribution in [0.25, 0.3) is 0 Å². The van der Waals surface area contributed by atoms with Crippen molar-refractivity contribution in [2.75, 3.05) is 22.1 Å². The minimum atomic E-state index is -0.340. The average molecular weight is 365 g/mol. The van der Waals surface area contributed by atoms with Crippen molar-refractivity contribution in [3.63, 3.8) is 0 Å². The summed E-state index contributed by atoms with van der Waals surface area (Å²) in [4.78, 5) is 26.6. The maximum Gasteiger partial charge on any atom is 0.249 e. The van der Waals surface area contributed by atoms with E-state index >= 15 is 0 Å². The monoisotopic (exact) mass is 365 g/mol. The third kappa shape index (κ3) is 4.48. The van der Waals surface area contributed by atoms with E-state index in [9.17, 15) is 9.59 Å². The number of carbonyl (C=O) groups excluding carboxylic acids is 2. The van der Waals surface area contributed by atoms with E-state index in [2.05, 4.69) is 16.7 Å². The van der Waals surface area contributed by atoms with Crippen molar-refractivity contribution in [2.24, 2.45) is 5.92 Å². The molecule has 5 heteroatoms. The van der Waals surface area contributed by atoms with Gasteiger partial charge in [0.15, 0.2) is 0 Å². The lowest BCUT2D eigenvalue weighted by Crippen LogP contribution is -2.44. The van der Waals surface area contributed by atoms with Gasteiger partial charge in [0.1, 0.15) is 6.04 Å². The van der Waals surface area contributed by atoms with E-state index in [4.69, 9.17) is 0 Å². The van der Waals surface area contributed by atoms with Crippen LogP contribution < -0.4 is 15.5 Å². The number of para-hydroxylation sites is 1. The number of benzene rings is 2. The van der Waals surface area contributed by atoms with Crippen LogP contribution in [0.4, 0.5) is 17.1 Å². The van der Waals surface area contributed by atoms with Crippen LogP contribution >= 0.6 is 0 Å². The van der Waals surface area contributed by atoms with Gasteiger partial charge in [0.05, 0.1) is 0 Å². The molecular weight excluding hydrogens is 338 g/mol. The van der Waals surface area contributed by atoms with Gasteiger partial charge in [0.2, 0.25) is 11.8 Å². The first kappa shape index (κ1) is 19.0. The number of anilines is 3. The molecule has 3 rings (SSSR count). The van der Waals surface area contributed by atoms with Crippen LogP contribution in [-0.2, 0) is 16.0 Å². The van der Waals surface area contributed by atoms with Gasteiger partial charge in [-0.2, -0.15) is 0 Å². The Labute approximate surface area is 160 Å². The van der Waals surface area contributed by atoms with Gasteiger partial charge in [-0.1, -0.05) is 32.0 Å². The normalized spacial score (nSPS) is 14.4. The molecule has 5 nitrogen and oxygen atoms in total. The van der Waals surface area contributed by atoms with Gasteiger partial charge in [-0.25, -0.2) is 0 Å². The van der Waals surface area contributed by atoms with E-state index < -0.39 is 0 Å². The van der Waals surface area contributed by atoms with Crippen molar-refractivity contribution in [3.05, 3.63) is 54.1 Å². The lowest BCUT2D eigenvalue weighted by molar-refractivity contribution is -0.119. The zero-order valence-electron chi connectivity index (χ0n) is 16.2.